The van der Waals surface area contributed by atoms with Crippen LogP contribution < -0.4 is 19.7 Å². The number of carbonyl (C=O) groups excluding carboxylic acids is 1. The minimum Gasteiger partial charge on any atom is -0.491 e. The highest BCUT2D eigenvalue weighted by Crippen LogP contribution is 2.39. The van der Waals surface area contributed by atoms with Gasteiger partial charge in [-0.2, -0.15) is 0 Å². The summed E-state index contributed by atoms with van der Waals surface area (Å²) in [7, 11) is 0. The molecule has 2 aliphatic heterocycles. The lowest BCUT2D eigenvalue weighted by molar-refractivity contribution is -0.118. The number of pyridine rings is 1. The number of nitrogens with zero attached hydrogens (tertiary/aromatic N) is 4. The van der Waals surface area contributed by atoms with Gasteiger partial charge in [0, 0.05) is 35.1 Å². The molecule has 34 heavy (non-hydrogen) atoms. The van der Waals surface area contributed by atoms with Crippen LogP contribution >= 0.6 is 0 Å². The van der Waals surface area contributed by atoms with E-state index in [1.54, 1.807) is 12.5 Å². The Morgan fingerprint density at radius 1 is 1.06 bits per heavy atom. The Balaban J connectivity index is 1.33. The molecule has 4 heterocycles. The fraction of sp³-hybridized carbons (Fsp3) is 0.385. The first-order valence-electron chi connectivity index (χ1n) is 11.7. The van der Waals surface area contributed by atoms with Crippen LogP contribution in [-0.4, -0.2) is 40.6 Å². The molecule has 1 amide bonds. The lowest BCUT2D eigenvalue weighted by Gasteiger charge is -2.33. The van der Waals surface area contributed by atoms with Crippen molar-refractivity contribution in [2.24, 2.45) is 5.41 Å². The number of aromatic nitrogens is 3. The maximum atomic E-state index is 11.5. The fourth-order valence-electron chi connectivity index (χ4n) is 5.00. The van der Waals surface area contributed by atoms with Gasteiger partial charge in [-0.1, -0.05) is 19.9 Å². The quantitative estimate of drug-likeness (QED) is 0.626. The maximum Gasteiger partial charge on any atom is 0.263 e. The topological polar surface area (TPSA) is 89.5 Å². The highest BCUT2D eigenvalue weighted by atomic mass is 16.5. The van der Waals surface area contributed by atoms with Crippen LogP contribution in [0.2, 0.25) is 0 Å². The van der Waals surface area contributed by atoms with Crippen LogP contribution in [0.15, 0.2) is 36.8 Å². The molecule has 8 nitrogen and oxygen atoms in total. The summed E-state index contributed by atoms with van der Waals surface area (Å²) >= 11 is 0. The summed E-state index contributed by atoms with van der Waals surface area (Å²) in [6, 6.07) is 8.13. The second-order valence-corrected chi connectivity index (χ2v) is 9.96. The van der Waals surface area contributed by atoms with E-state index in [0.717, 1.165) is 54.1 Å². The number of amides is 1. The molecule has 0 unspecified atom stereocenters. The van der Waals surface area contributed by atoms with Crippen molar-refractivity contribution in [2.45, 2.75) is 39.7 Å². The number of nitrogens with one attached hydrogen (secondary N) is 1. The number of anilines is 2. The molecule has 1 aliphatic carbocycles. The first kappa shape index (κ1) is 20.9. The van der Waals surface area contributed by atoms with Gasteiger partial charge in [0.15, 0.2) is 18.2 Å². The zero-order valence-electron chi connectivity index (χ0n) is 19.4. The van der Waals surface area contributed by atoms with Crippen molar-refractivity contribution in [2.75, 3.05) is 30.0 Å². The number of ether oxygens (including phenoxy) is 2. The Labute approximate surface area is 198 Å². The minimum atomic E-state index is -0.190. The number of hydrogen-bond acceptors (Lipinski definition) is 7. The standard InChI is InChI=1S/C26H27N5O3/c1-26(2)6-5-20-19(11-26)25(29-15-28-20)31-7-8-33-21-4-3-16(9-18(21)13-31)17-10-22-24(27-12-17)30-23(32)14-34-22/h3-4,9-10,12,15H,5-8,11,13-14H2,1-2H3,(H,27,30,32). The van der Waals surface area contributed by atoms with E-state index in [0.29, 0.717) is 24.7 Å². The number of carbonyl (C=O) groups is 1. The van der Waals surface area contributed by atoms with Crippen molar-refractivity contribution in [3.63, 3.8) is 0 Å². The van der Waals surface area contributed by atoms with Gasteiger partial charge in [-0.15, -0.1) is 0 Å². The second-order valence-electron chi connectivity index (χ2n) is 9.96. The molecule has 0 atom stereocenters. The predicted octanol–water partition coefficient (Wildman–Crippen LogP) is 3.78. The van der Waals surface area contributed by atoms with Crippen molar-refractivity contribution in [1.82, 2.24) is 15.0 Å². The molecule has 3 aromatic rings. The molecule has 8 heteroatoms. The number of benzene rings is 1. The Kier molecular flexibility index (Phi) is 4.90. The SMILES string of the molecule is CC1(C)CCc2ncnc(N3CCOc4ccc(-c5cnc6c(c5)OCC(=O)N6)cc4C3)c2C1. The number of aryl methyl sites for hydroxylation is 1. The van der Waals surface area contributed by atoms with Crippen LogP contribution in [0, 0.1) is 5.41 Å². The number of hydrogen-bond donors (Lipinski definition) is 1. The van der Waals surface area contributed by atoms with Gasteiger partial charge >= 0.3 is 0 Å². The molecule has 0 saturated carbocycles. The van der Waals surface area contributed by atoms with E-state index in [4.69, 9.17) is 14.5 Å². The Morgan fingerprint density at radius 3 is 2.88 bits per heavy atom. The third-order valence-corrected chi connectivity index (χ3v) is 6.85. The van der Waals surface area contributed by atoms with Crippen LogP contribution in [0.4, 0.5) is 11.6 Å². The first-order valence-corrected chi connectivity index (χ1v) is 11.7. The molecule has 0 bridgehead atoms. The molecule has 0 saturated heterocycles. The van der Waals surface area contributed by atoms with Gasteiger partial charge in [0.1, 0.15) is 24.5 Å². The Bertz CT molecular complexity index is 1290. The van der Waals surface area contributed by atoms with E-state index >= 15 is 0 Å². The van der Waals surface area contributed by atoms with E-state index in [1.165, 1.54) is 11.3 Å². The van der Waals surface area contributed by atoms with Crippen LogP contribution in [0.25, 0.3) is 11.1 Å². The maximum absolute atomic E-state index is 11.5. The summed E-state index contributed by atoms with van der Waals surface area (Å²) in [6.45, 7) is 6.72. The molecule has 6 rings (SSSR count). The van der Waals surface area contributed by atoms with Gasteiger partial charge in [-0.05, 0) is 48.4 Å². The van der Waals surface area contributed by atoms with E-state index in [2.05, 4.69) is 40.1 Å². The molecule has 0 spiro atoms. The van der Waals surface area contributed by atoms with Crippen LogP contribution in [0.5, 0.6) is 11.5 Å². The van der Waals surface area contributed by atoms with Crippen LogP contribution in [0.1, 0.15) is 37.1 Å². The van der Waals surface area contributed by atoms with Crippen molar-refractivity contribution in [3.8, 4) is 22.6 Å². The van der Waals surface area contributed by atoms with Crippen LogP contribution in [-0.2, 0) is 24.2 Å². The van der Waals surface area contributed by atoms with Gasteiger partial charge in [-0.25, -0.2) is 15.0 Å². The molecule has 174 valence electrons. The van der Waals surface area contributed by atoms with Gasteiger partial charge in [0.2, 0.25) is 0 Å². The summed E-state index contributed by atoms with van der Waals surface area (Å²) < 4.78 is 11.7. The van der Waals surface area contributed by atoms with Crippen molar-refractivity contribution in [3.05, 3.63) is 53.6 Å². The summed E-state index contributed by atoms with van der Waals surface area (Å²) in [5, 5.41) is 2.74. The summed E-state index contributed by atoms with van der Waals surface area (Å²) in [5.41, 5.74) is 5.75. The molecule has 1 aromatic carbocycles. The van der Waals surface area contributed by atoms with Gasteiger partial charge in [-0.3, -0.25) is 4.79 Å². The van der Waals surface area contributed by atoms with E-state index in [9.17, 15) is 4.79 Å². The first-order chi connectivity index (χ1) is 16.4. The smallest absolute Gasteiger partial charge is 0.263 e. The van der Waals surface area contributed by atoms with Gasteiger partial charge in [0.05, 0.1) is 6.54 Å². The monoisotopic (exact) mass is 457 g/mol. The van der Waals surface area contributed by atoms with Gasteiger partial charge in [0.25, 0.3) is 5.91 Å². The third-order valence-electron chi connectivity index (χ3n) is 6.85. The minimum absolute atomic E-state index is 0.00514. The lowest BCUT2D eigenvalue weighted by Crippen LogP contribution is -2.31. The normalized spacial score (nSPS) is 18.4. The number of rotatable bonds is 2. The highest BCUT2D eigenvalue weighted by Gasteiger charge is 2.30. The van der Waals surface area contributed by atoms with E-state index in [1.807, 2.05) is 18.2 Å². The van der Waals surface area contributed by atoms with E-state index in [-0.39, 0.29) is 17.9 Å². The van der Waals surface area contributed by atoms with Crippen molar-refractivity contribution in [1.29, 1.82) is 0 Å². The zero-order valence-corrected chi connectivity index (χ0v) is 19.4. The molecule has 0 fully saturated rings. The van der Waals surface area contributed by atoms with Crippen LogP contribution in [0.3, 0.4) is 0 Å². The summed E-state index contributed by atoms with van der Waals surface area (Å²) in [6.07, 6.45) is 6.59. The third kappa shape index (κ3) is 3.83. The molecule has 2 aromatic heterocycles. The second kappa shape index (κ2) is 7.97. The predicted molar refractivity (Wildman–Crippen MR) is 128 cm³/mol. The van der Waals surface area contributed by atoms with Crippen molar-refractivity contribution >= 4 is 17.5 Å². The zero-order chi connectivity index (χ0) is 23.3. The highest BCUT2D eigenvalue weighted by molar-refractivity contribution is 5.94. The van der Waals surface area contributed by atoms with Crippen molar-refractivity contribution < 1.29 is 14.3 Å². The number of fused-ring (bicyclic) bond motifs is 3. The molecule has 1 N–H and O–H groups in total. The summed E-state index contributed by atoms with van der Waals surface area (Å²) in [5.74, 6) is 2.77. The molecule has 0 radical (unpaired) electrons. The lowest BCUT2D eigenvalue weighted by atomic mass is 9.76. The summed E-state index contributed by atoms with van der Waals surface area (Å²) in [4.78, 5) is 27.6. The molecular weight excluding hydrogens is 430 g/mol. The van der Waals surface area contributed by atoms with E-state index < -0.39 is 0 Å². The molecular formula is C26H27N5O3. The largest absolute Gasteiger partial charge is 0.491 e. The Morgan fingerprint density at radius 2 is 1.97 bits per heavy atom. The van der Waals surface area contributed by atoms with Gasteiger partial charge < -0.3 is 19.7 Å². The fourth-order valence-corrected chi connectivity index (χ4v) is 5.00. The Hall–Kier alpha value is -3.68. The molecule has 3 aliphatic rings. The average Bonchev–Trinajstić information content (AvgIpc) is 3.04. The average molecular weight is 458 g/mol.